The maximum absolute atomic E-state index is 12.3. The van der Waals surface area contributed by atoms with Crippen LogP contribution in [-0.2, 0) is 0 Å². The highest BCUT2D eigenvalue weighted by molar-refractivity contribution is 6.35. The van der Waals surface area contributed by atoms with Crippen molar-refractivity contribution in [1.82, 2.24) is 0 Å². The molecule has 0 spiro atoms. The number of hydrogen-bond acceptors (Lipinski definition) is 2. The first-order valence-electron chi connectivity index (χ1n) is 9.50. The van der Waals surface area contributed by atoms with Crippen LogP contribution in [0.3, 0.4) is 0 Å². The van der Waals surface area contributed by atoms with E-state index in [1.807, 2.05) is 12.1 Å². The lowest BCUT2D eigenvalue weighted by molar-refractivity contribution is 0.104. The molecule has 2 aromatic carbocycles. The van der Waals surface area contributed by atoms with E-state index < -0.39 is 0 Å². The van der Waals surface area contributed by atoms with Crippen LogP contribution in [0, 0.1) is 0 Å². The van der Waals surface area contributed by atoms with Crippen LogP contribution in [0.4, 0.5) is 0 Å². The Morgan fingerprint density at radius 3 is 2.37 bits per heavy atom. The SMILES string of the molecule is CCCCCCCCOc1ccc(C(=O)/C=C/c2ccc(Cl)cc2Cl)cc1. The molecule has 0 aliphatic heterocycles. The summed E-state index contributed by atoms with van der Waals surface area (Å²) in [6, 6.07) is 12.4. The molecule has 0 fully saturated rings. The van der Waals surface area contributed by atoms with Gasteiger partial charge in [-0.3, -0.25) is 4.79 Å². The van der Waals surface area contributed by atoms with Crippen molar-refractivity contribution in [2.45, 2.75) is 45.4 Å². The van der Waals surface area contributed by atoms with Gasteiger partial charge >= 0.3 is 0 Å². The number of halogens is 2. The Balaban J connectivity index is 1.80. The maximum atomic E-state index is 12.3. The standard InChI is InChI=1S/C23H26Cl2O2/c1-2-3-4-5-6-7-16-27-21-13-9-19(10-14-21)23(26)15-11-18-8-12-20(24)17-22(18)25/h8-15,17H,2-7,16H2,1H3/b15-11+. The van der Waals surface area contributed by atoms with Gasteiger partial charge in [-0.2, -0.15) is 0 Å². The van der Waals surface area contributed by atoms with Gasteiger partial charge in [0.15, 0.2) is 5.78 Å². The largest absolute Gasteiger partial charge is 0.494 e. The summed E-state index contributed by atoms with van der Waals surface area (Å²) in [7, 11) is 0. The number of benzene rings is 2. The summed E-state index contributed by atoms with van der Waals surface area (Å²) in [6.07, 6.45) is 10.6. The zero-order valence-electron chi connectivity index (χ0n) is 15.7. The molecular formula is C23H26Cl2O2. The van der Waals surface area contributed by atoms with Crippen LogP contribution in [0.5, 0.6) is 5.75 Å². The van der Waals surface area contributed by atoms with Gasteiger partial charge in [-0.25, -0.2) is 0 Å². The quantitative estimate of drug-likeness (QED) is 0.218. The van der Waals surface area contributed by atoms with Crippen LogP contribution in [0.25, 0.3) is 6.08 Å². The summed E-state index contributed by atoms with van der Waals surface area (Å²) in [5.41, 5.74) is 1.37. The Labute approximate surface area is 172 Å². The van der Waals surface area contributed by atoms with Crippen LogP contribution in [-0.4, -0.2) is 12.4 Å². The minimum absolute atomic E-state index is 0.0801. The van der Waals surface area contributed by atoms with Crippen LogP contribution >= 0.6 is 23.2 Å². The number of allylic oxidation sites excluding steroid dienone is 1. The van der Waals surface area contributed by atoms with Gasteiger partial charge in [0.1, 0.15) is 5.75 Å². The van der Waals surface area contributed by atoms with Crippen molar-refractivity contribution in [3.8, 4) is 5.75 Å². The molecule has 0 atom stereocenters. The van der Waals surface area contributed by atoms with E-state index in [9.17, 15) is 4.79 Å². The number of unbranched alkanes of at least 4 members (excludes halogenated alkanes) is 5. The van der Waals surface area contributed by atoms with E-state index in [2.05, 4.69) is 6.92 Å². The molecule has 2 nitrogen and oxygen atoms in total. The summed E-state index contributed by atoms with van der Waals surface area (Å²) >= 11 is 12.0. The fourth-order valence-electron chi connectivity index (χ4n) is 2.69. The Bertz CT molecular complexity index is 751. The highest BCUT2D eigenvalue weighted by atomic mass is 35.5. The number of ether oxygens (including phenoxy) is 1. The molecule has 144 valence electrons. The third kappa shape index (κ3) is 7.78. The van der Waals surface area contributed by atoms with E-state index in [1.165, 1.54) is 38.2 Å². The minimum Gasteiger partial charge on any atom is -0.494 e. The third-order valence-electron chi connectivity index (χ3n) is 4.28. The van der Waals surface area contributed by atoms with Crippen LogP contribution < -0.4 is 4.74 Å². The van der Waals surface area contributed by atoms with Gasteiger partial charge < -0.3 is 4.74 Å². The lowest BCUT2D eigenvalue weighted by Crippen LogP contribution is -1.99. The summed E-state index contributed by atoms with van der Waals surface area (Å²) in [4.78, 5) is 12.3. The fourth-order valence-corrected chi connectivity index (χ4v) is 3.16. The lowest BCUT2D eigenvalue weighted by atomic mass is 10.1. The van der Waals surface area contributed by atoms with Gasteiger partial charge in [-0.05, 0) is 60.5 Å². The first-order valence-corrected chi connectivity index (χ1v) is 10.3. The summed E-state index contributed by atoms with van der Waals surface area (Å²) in [5, 5.41) is 1.09. The average molecular weight is 405 g/mol. The molecule has 0 aliphatic rings. The fraction of sp³-hybridized carbons (Fsp3) is 0.348. The Kier molecular flexibility index (Phi) is 9.44. The molecule has 2 rings (SSSR count). The molecule has 0 bridgehead atoms. The normalized spacial score (nSPS) is 11.1. The number of hydrogen-bond donors (Lipinski definition) is 0. The molecule has 0 aliphatic carbocycles. The second kappa shape index (κ2) is 11.8. The minimum atomic E-state index is -0.0801. The van der Waals surface area contributed by atoms with Gasteiger partial charge in [0.25, 0.3) is 0 Å². The van der Waals surface area contributed by atoms with Gasteiger partial charge in [-0.1, -0.05) is 68.3 Å². The van der Waals surface area contributed by atoms with Crippen molar-refractivity contribution in [3.63, 3.8) is 0 Å². The summed E-state index contributed by atoms with van der Waals surface area (Å²) < 4.78 is 5.74. The zero-order valence-corrected chi connectivity index (χ0v) is 17.2. The highest BCUT2D eigenvalue weighted by Crippen LogP contribution is 2.22. The summed E-state index contributed by atoms with van der Waals surface area (Å²) in [5.74, 6) is 0.716. The lowest BCUT2D eigenvalue weighted by Gasteiger charge is -2.06. The van der Waals surface area contributed by atoms with Crippen molar-refractivity contribution in [2.75, 3.05) is 6.61 Å². The van der Waals surface area contributed by atoms with Gasteiger partial charge in [0.05, 0.1) is 6.61 Å². The molecule has 2 aromatic rings. The van der Waals surface area contributed by atoms with Gasteiger partial charge in [0, 0.05) is 15.6 Å². The monoisotopic (exact) mass is 404 g/mol. The zero-order chi connectivity index (χ0) is 19.5. The number of carbonyl (C=O) groups excluding carboxylic acids is 1. The first-order chi connectivity index (χ1) is 13.1. The van der Waals surface area contributed by atoms with E-state index in [0.29, 0.717) is 22.2 Å². The predicted octanol–water partition coefficient (Wildman–Crippen LogP) is 7.63. The predicted molar refractivity (Wildman–Crippen MR) is 115 cm³/mol. The first kappa shape index (κ1) is 21.5. The van der Waals surface area contributed by atoms with Crippen LogP contribution in [0.1, 0.15) is 61.4 Å². The second-order valence-electron chi connectivity index (χ2n) is 6.50. The van der Waals surface area contributed by atoms with Crippen molar-refractivity contribution in [2.24, 2.45) is 0 Å². The molecule has 0 radical (unpaired) electrons. The smallest absolute Gasteiger partial charge is 0.185 e. The average Bonchev–Trinajstić information content (AvgIpc) is 2.67. The van der Waals surface area contributed by atoms with Gasteiger partial charge in [-0.15, -0.1) is 0 Å². The van der Waals surface area contributed by atoms with Crippen molar-refractivity contribution in [3.05, 3.63) is 69.7 Å². The third-order valence-corrected chi connectivity index (χ3v) is 4.84. The summed E-state index contributed by atoms with van der Waals surface area (Å²) in [6.45, 7) is 2.94. The topological polar surface area (TPSA) is 26.3 Å². The van der Waals surface area contributed by atoms with E-state index in [-0.39, 0.29) is 5.78 Å². The van der Waals surface area contributed by atoms with E-state index in [4.69, 9.17) is 27.9 Å². The Morgan fingerprint density at radius 2 is 1.67 bits per heavy atom. The highest BCUT2D eigenvalue weighted by Gasteiger charge is 2.04. The van der Waals surface area contributed by atoms with E-state index in [0.717, 1.165) is 17.7 Å². The molecule has 0 N–H and O–H groups in total. The molecule has 0 unspecified atom stereocenters. The molecule has 0 heterocycles. The van der Waals surface area contributed by atoms with E-state index >= 15 is 0 Å². The van der Waals surface area contributed by atoms with Crippen LogP contribution in [0.2, 0.25) is 10.0 Å². The molecule has 0 amide bonds. The van der Waals surface area contributed by atoms with Gasteiger partial charge in [0.2, 0.25) is 0 Å². The number of ketones is 1. The Hall–Kier alpha value is -1.77. The Morgan fingerprint density at radius 1 is 0.963 bits per heavy atom. The second-order valence-corrected chi connectivity index (χ2v) is 7.35. The van der Waals surface area contributed by atoms with E-state index in [1.54, 1.807) is 36.4 Å². The molecular weight excluding hydrogens is 379 g/mol. The molecule has 0 aromatic heterocycles. The van der Waals surface area contributed by atoms with Crippen molar-refractivity contribution >= 4 is 35.1 Å². The molecule has 0 saturated carbocycles. The van der Waals surface area contributed by atoms with Crippen LogP contribution in [0.15, 0.2) is 48.5 Å². The number of rotatable bonds is 11. The number of carbonyl (C=O) groups is 1. The molecule has 4 heteroatoms. The van der Waals surface area contributed by atoms with Crippen molar-refractivity contribution < 1.29 is 9.53 Å². The molecule has 0 saturated heterocycles. The van der Waals surface area contributed by atoms with Crippen molar-refractivity contribution in [1.29, 1.82) is 0 Å². The molecule has 27 heavy (non-hydrogen) atoms. The maximum Gasteiger partial charge on any atom is 0.185 e.